The van der Waals surface area contributed by atoms with Crippen LogP contribution in [0.3, 0.4) is 0 Å². The van der Waals surface area contributed by atoms with Crippen molar-refractivity contribution in [2.45, 2.75) is 11.5 Å². The Kier molecular flexibility index (Phi) is 6.25. The van der Waals surface area contributed by atoms with Gasteiger partial charge in [0.05, 0.1) is 11.3 Å². The van der Waals surface area contributed by atoms with Crippen LogP contribution >= 0.6 is 23.1 Å². The fourth-order valence-electron chi connectivity index (χ4n) is 2.06. The van der Waals surface area contributed by atoms with Gasteiger partial charge in [-0.25, -0.2) is 4.79 Å². The first kappa shape index (κ1) is 19.1. The van der Waals surface area contributed by atoms with Gasteiger partial charge in [-0.1, -0.05) is 17.3 Å². The molecule has 0 aliphatic heterocycles. The maximum absolute atomic E-state index is 12.4. The maximum atomic E-state index is 12.4. The third kappa shape index (κ3) is 4.95. The molecule has 2 aromatic heterocycles. The summed E-state index contributed by atoms with van der Waals surface area (Å²) >= 11 is 2.83. The fourth-order valence-corrected chi connectivity index (χ4v) is 3.71. The molecule has 3 rings (SSSR count). The molecule has 3 aromatic rings. The van der Waals surface area contributed by atoms with Crippen LogP contribution in [0.2, 0.25) is 0 Å². The Morgan fingerprint density at radius 2 is 2.07 bits per heavy atom. The molecular weight excluding hydrogens is 386 g/mol. The van der Waals surface area contributed by atoms with Gasteiger partial charge >= 0.3 is 5.97 Å². The van der Waals surface area contributed by atoms with E-state index in [2.05, 4.69) is 10.1 Å². The molecule has 0 atom stereocenters. The predicted molar refractivity (Wildman–Crippen MR) is 103 cm³/mol. The van der Waals surface area contributed by atoms with E-state index in [1.165, 1.54) is 28.0 Å². The lowest BCUT2D eigenvalue weighted by Crippen LogP contribution is -2.23. The number of nitrogens with zero attached hydrogens (tertiary/aromatic N) is 3. The molecule has 27 heavy (non-hydrogen) atoms. The lowest BCUT2D eigenvalue weighted by atomic mass is 10.2. The van der Waals surface area contributed by atoms with Crippen molar-refractivity contribution >= 4 is 35.0 Å². The Bertz CT molecular complexity index is 922. The van der Waals surface area contributed by atoms with Gasteiger partial charge < -0.3 is 14.2 Å². The number of aromatic nitrogens is 2. The number of hydrogen-bond acceptors (Lipinski definition) is 8. The lowest BCUT2D eigenvalue weighted by Gasteiger charge is -2.11. The average Bonchev–Trinajstić information content (AvgIpc) is 3.35. The van der Waals surface area contributed by atoms with Gasteiger partial charge in [-0.05, 0) is 23.6 Å². The normalized spacial score (nSPS) is 10.6. The van der Waals surface area contributed by atoms with Crippen LogP contribution in [0.1, 0.15) is 16.2 Å². The number of rotatable bonds is 7. The van der Waals surface area contributed by atoms with Crippen molar-refractivity contribution in [3.05, 3.63) is 52.5 Å². The van der Waals surface area contributed by atoms with Crippen molar-refractivity contribution in [2.24, 2.45) is 0 Å². The van der Waals surface area contributed by atoms with E-state index in [0.29, 0.717) is 16.3 Å². The number of esters is 1. The van der Waals surface area contributed by atoms with Gasteiger partial charge in [-0.2, -0.15) is 16.3 Å². The first-order valence-electron chi connectivity index (χ1n) is 7.99. The molecule has 0 aliphatic carbocycles. The summed E-state index contributed by atoms with van der Waals surface area (Å²) in [5.74, 6) is 0.379. The van der Waals surface area contributed by atoms with Gasteiger partial charge in [0.2, 0.25) is 11.7 Å². The molecule has 2 heterocycles. The minimum atomic E-state index is -0.509. The van der Waals surface area contributed by atoms with Crippen LogP contribution in [0.15, 0.2) is 50.5 Å². The molecule has 0 spiro atoms. The van der Waals surface area contributed by atoms with E-state index >= 15 is 0 Å². The minimum Gasteiger partial charge on any atom is -0.452 e. The van der Waals surface area contributed by atoms with Gasteiger partial charge in [-0.15, -0.1) is 11.8 Å². The summed E-state index contributed by atoms with van der Waals surface area (Å²) in [5, 5.41) is 7.70. The predicted octanol–water partition coefficient (Wildman–Crippen LogP) is 3.34. The molecule has 0 N–H and O–H groups in total. The minimum absolute atomic E-state index is 0.0324. The molecule has 0 radical (unpaired) electrons. The largest absolute Gasteiger partial charge is 0.452 e. The summed E-state index contributed by atoms with van der Waals surface area (Å²) < 4.78 is 10.4. The molecule has 0 bridgehead atoms. The highest BCUT2D eigenvalue weighted by molar-refractivity contribution is 8.00. The van der Waals surface area contributed by atoms with Crippen LogP contribution in [-0.2, 0) is 16.1 Å². The number of thiophene rings is 1. The van der Waals surface area contributed by atoms with E-state index in [1.54, 1.807) is 32.3 Å². The number of carbonyl (C=O) groups excluding carboxylic acids is 2. The van der Waals surface area contributed by atoms with Crippen LogP contribution < -0.4 is 0 Å². The standard InChI is InChI=1S/C18H17N3O4S2/c1-21(2)16(22)11-27-14-6-4-3-5-13(14)18(23)24-9-15-19-17(20-25-15)12-7-8-26-10-12/h3-8,10H,9,11H2,1-2H3. The summed E-state index contributed by atoms with van der Waals surface area (Å²) in [6.45, 7) is -0.119. The van der Waals surface area contributed by atoms with E-state index in [9.17, 15) is 9.59 Å². The summed E-state index contributed by atoms with van der Waals surface area (Å²) in [6, 6.07) is 8.88. The van der Waals surface area contributed by atoms with E-state index in [-0.39, 0.29) is 24.2 Å². The van der Waals surface area contributed by atoms with E-state index in [1.807, 2.05) is 22.9 Å². The van der Waals surface area contributed by atoms with Gasteiger partial charge in [0.1, 0.15) is 0 Å². The Morgan fingerprint density at radius 1 is 1.26 bits per heavy atom. The van der Waals surface area contributed by atoms with Crippen molar-refractivity contribution in [3.8, 4) is 11.4 Å². The third-order valence-corrected chi connectivity index (χ3v) is 5.27. The summed E-state index contributed by atoms with van der Waals surface area (Å²) in [4.78, 5) is 30.6. The van der Waals surface area contributed by atoms with E-state index in [4.69, 9.17) is 9.26 Å². The van der Waals surface area contributed by atoms with E-state index < -0.39 is 5.97 Å². The zero-order valence-electron chi connectivity index (χ0n) is 14.7. The van der Waals surface area contributed by atoms with Crippen LogP contribution in [0.4, 0.5) is 0 Å². The second-order valence-corrected chi connectivity index (χ2v) is 7.47. The molecule has 7 nitrogen and oxygen atoms in total. The fraction of sp³-hybridized carbons (Fsp3) is 0.222. The average molecular weight is 403 g/mol. The van der Waals surface area contributed by atoms with Crippen molar-refractivity contribution in [3.63, 3.8) is 0 Å². The maximum Gasteiger partial charge on any atom is 0.339 e. The molecule has 1 aromatic carbocycles. The zero-order valence-corrected chi connectivity index (χ0v) is 16.4. The smallest absolute Gasteiger partial charge is 0.339 e. The Balaban J connectivity index is 1.62. The highest BCUT2D eigenvalue weighted by atomic mass is 32.2. The van der Waals surface area contributed by atoms with E-state index in [0.717, 1.165) is 5.56 Å². The topological polar surface area (TPSA) is 85.5 Å². The number of thioether (sulfide) groups is 1. The molecule has 0 saturated heterocycles. The van der Waals surface area contributed by atoms with Crippen molar-refractivity contribution < 1.29 is 18.8 Å². The first-order chi connectivity index (χ1) is 13.0. The van der Waals surface area contributed by atoms with Crippen molar-refractivity contribution in [2.75, 3.05) is 19.8 Å². The first-order valence-corrected chi connectivity index (χ1v) is 9.91. The van der Waals surface area contributed by atoms with Gasteiger partial charge in [0, 0.05) is 29.9 Å². The number of hydrogen-bond donors (Lipinski definition) is 0. The Morgan fingerprint density at radius 3 is 2.81 bits per heavy atom. The summed E-state index contributed by atoms with van der Waals surface area (Å²) in [6.07, 6.45) is 0. The van der Waals surface area contributed by atoms with Crippen LogP contribution in [0, 0.1) is 0 Å². The zero-order chi connectivity index (χ0) is 19.2. The van der Waals surface area contributed by atoms with Crippen LogP contribution in [0.25, 0.3) is 11.4 Å². The Labute approximate surface area is 164 Å². The second kappa shape index (κ2) is 8.83. The second-order valence-electron chi connectivity index (χ2n) is 5.67. The number of benzene rings is 1. The van der Waals surface area contributed by atoms with Crippen molar-refractivity contribution in [1.29, 1.82) is 0 Å². The highest BCUT2D eigenvalue weighted by Crippen LogP contribution is 2.24. The van der Waals surface area contributed by atoms with Gasteiger partial charge in [-0.3, -0.25) is 4.79 Å². The number of amides is 1. The quantitative estimate of drug-likeness (QED) is 0.442. The molecule has 0 saturated carbocycles. The molecule has 0 fully saturated rings. The molecule has 1 amide bonds. The van der Waals surface area contributed by atoms with Gasteiger partial charge in [0.15, 0.2) is 6.61 Å². The van der Waals surface area contributed by atoms with Crippen LogP contribution in [0.5, 0.6) is 0 Å². The monoisotopic (exact) mass is 403 g/mol. The molecule has 9 heteroatoms. The van der Waals surface area contributed by atoms with Crippen molar-refractivity contribution in [1.82, 2.24) is 15.0 Å². The third-order valence-electron chi connectivity index (χ3n) is 3.53. The molecule has 0 unspecified atom stereocenters. The summed E-state index contributed by atoms with van der Waals surface area (Å²) in [5.41, 5.74) is 1.25. The molecular formula is C18H17N3O4S2. The van der Waals surface area contributed by atoms with Crippen LogP contribution in [-0.4, -0.2) is 46.8 Å². The molecule has 0 aliphatic rings. The number of carbonyl (C=O) groups is 2. The highest BCUT2D eigenvalue weighted by Gasteiger charge is 2.16. The summed E-state index contributed by atoms with van der Waals surface area (Å²) in [7, 11) is 3.38. The molecule has 140 valence electrons. The Hall–Kier alpha value is -2.65. The number of ether oxygens (including phenoxy) is 1. The SMILES string of the molecule is CN(C)C(=O)CSc1ccccc1C(=O)OCc1nc(-c2ccsc2)no1. The lowest BCUT2D eigenvalue weighted by molar-refractivity contribution is -0.125. The van der Waals surface area contributed by atoms with Gasteiger partial charge in [0.25, 0.3) is 5.89 Å².